The second-order valence-corrected chi connectivity index (χ2v) is 2.51. The van der Waals surface area contributed by atoms with Gasteiger partial charge in [0.05, 0.1) is 0 Å². The first-order chi connectivity index (χ1) is 5.57. The molecule has 0 aliphatic rings. The molecule has 0 aromatic carbocycles. The molecular weight excluding hydrogens is 156 g/mol. The molecule has 0 rings (SSSR count). The van der Waals surface area contributed by atoms with Crippen LogP contribution in [0.4, 0.5) is 0 Å². The average Bonchev–Trinajstić information content (AvgIpc) is 1.96. The van der Waals surface area contributed by atoms with Gasteiger partial charge in [-0.25, -0.2) is 0 Å². The van der Waals surface area contributed by atoms with Crippen LogP contribution < -0.4 is 0 Å². The van der Waals surface area contributed by atoms with Crippen LogP contribution in [0.1, 0.15) is 27.2 Å². The number of ketones is 1. The molecule has 0 aromatic rings. The van der Waals surface area contributed by atoms with Gasteiger partial charge in [-0.05, 0) is 13.8 Å². The summed E-state index contributed by atoms with van der Waals surface area (Å²) in [5.74, 6) is -0.539. The molecule has 0 saturated carbocycles. The zero-order valence-corrected chi connectivity index (χ0v) is 7.66. The van der Waals surface area contributed by atoms with E-state index >= 15 is 0 Å². The minimum Gasteiger partial charge on any atom is -0.454 e. The molecule has 0 aromatic heterocycles. The molecular formula is C9H14O3. The first-order valence-corrected chi connectivity index (χ1v) is 3.86. The Balaban J connectivity index is 4.04. The number of esters is 1. The van der Waals surface area contributed by atoms with Gasteiger partial charge in [0.25, 0.3) is 0 Å². The fraction of sp³-hybridized carbons (Fsp3) is 0.556. The Morgan fingerprint density at radius 3 is 2.33 bits per heavy atom. The van der Waals surface area contributed by atoms with Gasteiger partial charge >= 0.3 is 5.97 Å². The predicted molar refractivity (Wildman–Crippen MR) is 45.7 cm³/mol. The Bertz CT molecular complexity index is 194. The van der Waals surface area contributed by atoms with Crippen molar-refractivity contribution in [2.45, 2.75) is 33.3 Å². The van der Waals surface area contributed by atoms with E-state index in [1.165, 1.54) is 13.8 Å². The van der Waals surface area contributed by atoms with Crippen molar-refractivity contribution >= 4 is 11.8 Å². The van der Waals surface area contributed by atoms with E-state index in [1.807, 2.05) is 13.0 Å². The van der Waals surface area contributed by atoms with E-state index in [0.29, 0.717) is 6.42 Å². The second-order valence-electron chi connectivity index (χ2n) is 2.51. The maximum absolute atomic E-state index is 10.9. The van der Waals surface area contributed by atoms with E-state index in [1.54, 1.807) is 6.08 Å². The number of carbonyl (C=O) groups excluding carboxylic acids is 2. The molecule has 0 aliphatic heterocycles. The maximum Gasteiger partial charge on any atom is 0.303 e. The van der Waals surface area contributed by atoms with Crippen molar-refractivity contribution in [2.75, 3.05) is 0 Å². The lowest BCUT2D eigenvalue weighted by Gasteiger charge is -2.10. The monoisotopic (exact) mass is 170 g/mol. The summed E-state index contributed by atoms with van der Waals surface area (Å²) in [6.45, 7) is 4.56. The van der Waals surface area contributed by atoms with Crippen LogP contribution in [0.3, 0.4) is 0 Å². The summed E-state index contributed by atoms with van der Waals surface area (Å²) in [5.41, 5.74) is 0. The molecule has 0 N–H and O–H groups in total. The largest absolute Gasteiger partial charge is 0.454 e. The van der Waals surface area contributed by atoms with E-state index < -0.39 is 12.1 Å². The summed E-state index contributed by atoms with van der Waals surface area (Å²) < 4.78 is 4.77. The molecule has 0 amide bonds. The fourth-order valence-electron chi connectivity index (χ4n) is 0.757. The lowest BCUT2D eigenvalue weighted by atomic mass is 10.2. The van der Waals surface area contributed by atoms with Crippen LogP contribution in [0.15, 0.2) is 12.2 Å². The number of ether oxygens (including phenoxy) is 1. The Morgan fingerprint density at radius 2 is 2.00 bits per heavy atom. The number of hydrogen-bond donors (Lipinski definition) is 0. The van der Waals surface area contributed by atoms with E-state index in [9.17, 15) is 9.59 Å². The molecule has 68 valence electrons. The number of allylic oxidation sites excluding steroid dienone is 1. The summed E-state index contributed by atoms with van der Waals surface area (Å²) in [4.78, 5) is 21.4. The van der Waals surface area contributed by atoms with Crippen LogP contribution in [0, 0.1) is 0 Å². The van der Waals surface area contributed by atoms with Gasteiger partial charge < -0.3 is 4.74 Å². The van der Waals surface area contributed by atoms with E-state index in [2.05, 4.69) is 0 Å². The van der Waals surface area contributed by atoms with Crippen molar-refractivity contribution in [2.24, 2.45) is 0 Å². The van der Waals surface area contributed by atoms with Crippen LogP contribution in [0.5, 0.6) is 0 Å². The van der Waals surface area contributed by atoms with Gasteiger partial charge in [-0.15, -0.1) is 0 Å². The van der Waals surface area contributed by atoms with Crippen LogP contribution in [0.2, 0.25) is 0 Å². The average molecular weight is 170 g/mol. The smallest absolute Gasteiger partial charge is 0.303 e. The lowest BCUT2D eigenvalue weighted by molar-refractivity contribution is -0.152. The summed E-state index contributed by atoms with van der Waals surface area (Å²) in [5, 5.41) is 0. The fourth-order valence-corrected chi connectivity index (χ4v) is 0.757. The molecule has 0 bridgehead atoms. The molecule has 12 heavy (non-hydrogen) atoms. The highest BCUT2D eigenvalue weighted by Crippen LogP contribution is 2.01. The van der Waals surface area contributed by atoms with Gasteiger partial charge in [0.1, 0.15) is 0 Å². The maximum atomic E-state index is 10.9. The minimum atomic E-state index is -0.612. The number of hydrogen-bond acceptors (Lipinski definition) is 3. The van der Waals surface area contributed by atoms with Crippen molar-refractivity contribution in [1.29, 1.82) is 0 Å². The first kappa shape index (κ1) is 10.9. The lowest BCUT2D eigenvalue weighted by Crippen LogP contribution is -2.23. The van der Waals surface area contributed by atoms with Crippen LogP contribution in [-0.2, 0) is 14.3 Å². The third-order valence-corrected chi connectivity index (χ3v) is 1.35. The highest BCUT2D eigenvalue weighted by Gasteiger charge is 2.14. The zero-order valence-electron chi connectivity index (χ0n) is 7.66. The van der Waals surface area contributed by atoms with Crippen LogP contribution >= 0.6 is 0 Å². The molecule has 0 unspecified atom stereocenters. The second kappa shape index (κ2) is 5.52. The van der Waals surface area contributed by atoms with Crippen molar-refractivity contribution in [1.82, 2.24) is 0 Å². The van der Waals surface area contributed by atoms with Crippen LogP contribution in [-0.4, -0.2) is 17.9 Å². The summed E-state index contributed by atoms with van der Waals surface area (Å²) in [7, 11) is 0. The molecule has 3 heteroatoms. The topological polar surface area (TPSA) is 43.4 Å². The van der Waals surface area contributed by atoms with Crippen molar-refractivity contribution in [3.63, 3.8) is 0 Å². The van der Waals surface area contributed by atoms with Crippen LogP contribution in [0.25, 0.3) is 0 Å². The molecule has 1 atom stereocenters. The molecule has 0 radical (unpaired) electrons. The van der Waals surface area contributed by atoms with Crippen molar-refractivity contribution in [3.05, 3.63) is 12.2 Å². The van der Waals surface area contributed by atoms with Crippen molar-refractivity contribution in [3.8, 4) is 0 Å². The van der Waals surface area contributed by atoms with Gasteiger partial charge in [0.2, 0.25) is 0 Å². The molecule has 0 saturated heterocycles. The Morgan fingerprint density at radius 1 is 1.42 bits per heavy atom. The van der Waals surface area contributed by atoms with Gasteiger partial charge in [-0.1, -0.05) is 12.2 Å². The predicted octanol–water partition coefficient (Wildman–Crippen LogP) is 1.47. The molecule has 0 fully saturated rings. The Hall–Kier alpha value is -1.12. The number of rotatable bonds is 4. The Kier molecular flexibility index (Phi) is 5.00. The number of Topliss-reactive ketones (excluding diaryl/α,β-unsaturated/α-hetero) is 1. The minimum absolute atomic E-state index is 0.122. The van der Waals surface area contributed by atoms with E-state index in [-0.39, 0.29) is 5.78 Å². The molecule has 0 heterocycles. The zero-order chi connectivity index (χ0) is 9.56. The van der Waals surface area contributed by atoms with Gasteiger partial charge in [0, 0.05) is 13.3 Å². The highest BCUT2D eigenvalue weighted by molar-refractivity contribution is 5.83. The standard InChI is InChI=1S/C9H14O3/c1-4-5-6-9(7(2)10)12-8(3)11/h4-5,9H,6H2,1-3H3/b5-4+/t9-/m1/s1. The normalized spacial score (nSPS) is 12.9. The summed E-state index contributed by atoms with van der Waals surface area (Å²) >= 11 is 0. The summed E-state index contributed by atoms with van der Waals surface area (Å²) in [6.07, 6.45) is 3.47. The third kappa shape index (κ3) is 4.66. The SMILES string of the molecule is C/C=C/C[C@@H](OC(C)=O)C(C)=O. The molecule has 3 nitrogen and oxygen atoms in total. The quantitative estimate of drug-likeness (QED) is 0.474. The summed E-state index contributed by atoms with van der Waals surface area (Å²) in [6, 6.07) is 0. The van der Waals surface area contributed by atoms with Gasteiger partial charge in [0.15, 0.2) is 11.9 Å². The van der Waals surface area contributed by atoms with Gasteiger partial charge in [-0.2, -0.15) is 0 Å². The van der Waals surface area contributed by atoms with Gasteiger partial charge in [-0.3, -0.25) is 9.59 Å². The third-order valence-electron chi connectivity index (χ3n) is 1.35. The number of carbonyl (C=O) groups is 2. The Labute approximate surface area is 72.4 Å². The molecule has 0 aliphatic carbocycles. The molecule has 0 spiro atoms. The van der Waals surface area contributed by atoms with E-state index in [4.69, 9.17) is 4.74 Å². The highest BCUT2D eigenvalue weighted by atomic mass is 16.5. The van der Waals surface area contributed by atoms with E-state index in [0.717, 1.165) is 0 Å². The first-order valence-electron chi connectivity index (χ1n) is 3.86. The van der Waals surface area contributed by atoms with Crippen molar-refractivity contribution < 1.29 is 14.3 Å².